The second kappa shape index (κ2) is 5.68. The first-order valence-electron chi connectivity index (χ1n) is 5.55. The van der Waals surface area contributed by atoms with E-state index in [0.717, 1.165) is 12.1 Å². The molecule has 0 atom stereocenters. The predicted octanol–water partition coefficient (Wildman–Crippen LogP) is 2.01. The first kappa shape index (κ1) is 12.6. The Morgan fingerprint density at radius 3 is 2.94 bits per heavy atom. The lowest BCUT2D eigenvalue weighted by Gasteiger charge is -2.09. The molecule has 0 saturated heterocycles. The summed E-state index contributed by atoms with van der Waals surface area (Å²) in [6.45, 7) is 2.08. The van der Waals surface area contributed by atoms with Crippen LogP contribution in [0.2, 0.25) is 0 Å². The molecule has 0 spiro atoms. The van der Waals surface area contributed by atoms with Crippen LogP contribution in [-0.2, 0) is 11.2 Å². The summed E-state index contributed by atoms with van der Waals surface area (Å²) in [5.41, 5.74) is 2.17. The number of hydrogen-bond donors (Lipinski definition) is 1. The number of benzene rings is 1. The van der Waals surface area contributed by atoms with Crippen LogP contribution in [0, 0.1) is 0 Å². The van der Waals surface area contributed by atoms with Gasteiger partial charge in [0.2, 0.25) is 0 Å². The van der Waals surface area contributed by atoms with Gasteiger partial charge in [0.1, 0.15) is 6.33 Å². The lowest BCUT2D eigenvalue weighted by Crippen LogP contribution is -2.03. The highest BCUT2D eigenvalue weighted by Crippen LogP contribution is 2.22. The maximum Gasteiger partial charge on any atom is 0.313 e. The Kier molecular flexibility index (Phi) is 3.99. The lowest BCUT2D eigenvalue weighted by atomic mass is 10.1. The van der Waals surface area contributed by atoms with Gasteiger partial charge in [0.25, 0.3) is 0 Å². The summed E-state index contributed by atoms with van der Waals surface area (Å²) < 4.78 is 1.83. The standard InChI is InChI=1S/C12H13N3O2S/c1-2-9-5-3-4-6-10(9)15-8-13-14-12(15)18-7-11(16)17/h3-6,8H,2,7H2,1H3,(H,16,17). The molecular formula is C12H13N3O2S. The van der Waals surface area contributed by atoms with Gasteiger partial charge in [-0.1, -0.05) is 36.9 Å². The normalized spacial score (nSPS) is 10.5. The topological polar surface area (TPSA) is 68.0 Å². The number of aliphatic carboxylic acids is 1. The molecule has 1 heterocycles. The van der Waals surface area contributed by atoms with Crippen molar-refractivity contribution in [3.8, 4) is 5.69 Å². The molecule has 0 aliphatic rings. The summed E-state index contributed by atoms with van der Waals surface area (Å²) in [4.78, 5) is 10.6. The molecule has 1 N–H and O–H groups in total. The van der Waals surface area contributed by atoms with Crippen LogP contribution in [0.3, 0.4) is 0 Å². The zero-order chi connectivity index (χ0) is 13.0. The quantitative estimate of drug-likeness (QED) is 0.836. The zero-order valence-corrected chi connectivity index (χ0v) is 10.7. The molecule has 0 bridgehead atoms. The highest BCUT2D eigenvalue weighted by atomic mass is 32.2. The van der Waals surface area contributed by atoms with Crippen LogP contribution in [-0.4, -0.2) is 31.6 Å². The summed E-state index contributed by atoms with van der Waals surface area (Å²) in [6, 6.07) is 7.95. The van der Waals surface area contributed by atoms with Crippen molar-refractivity contribution in [1.29, 1.82) is 0 Å². The Morgan fingerprint density at radius 1 is 1.44 bits per heavy atom. The van der Waals surface area contributed by atoms with Gasteiger partial charge in [-0.25, -0.2) is 0 Å². The van der Waals surface area contributed by atoms with Crippen LogP contribution in [0.4, 0.5) is 0 Å². The summed E-state index contributed by atoms with van der Waals surface area (Å²) in [7, 11) is 0. The molecule has 0 radical (unpaired) electrons. The fraction of sp³-hybridized carbons (Fsp3) is 0.250. The summed E-state index contributed by atoms with van der Waals surface area (Å²) in [6.07, 6.45) is 2.51. The maximum absolute atomic E-state index is 10.6. The van der Waals surface area contributed by atoms with Crippen LogP contribution in [0.5, 0.6) is 0 Å². The molecule has 5 nitrogen and oxygen atoms in total. The van der Waals surface area contributed by atoms with Gasteiger partial charge in [0.05, 0.1) is 11.4 Å². The van der Waals surface area contributed by atoms with E-state index >= 15 is 0 Å². The van der Waals surface area contributed by atoms with E-state index in [-0.39, 0.29) is 5.75 Å². The van der Waals surface area contributed by atoms with Gasteiger partial charge in [-0.15, -0.1) is 10.2 Å². The molecule has 0 unspecified atom stereocenters. The van der Waals surface area contributed by atoms with E-state index < -0.39 is 5.97 Å². The van der Waals surface area contributed by atoms with Gasteiger partial charge in [0, 0.05) is 0 Å². The Hall–Kier alpha value is -1.82. The second-order valence-corrected chi connectivity index (χ2v) is 4.59. The van der Waals surface area contributed by atoms with E-state index in [1.54, 1.807) is 6.33 Å². The zero-order valence-electron chi connectivity index (χ0n) is 9.91. The van der Waals surface area contributed by atoms with Crippen LogP contribution in [0.1, 0.15) is 12.5 Å². The minimum absolute atomic E-state index is 0.0208. The molecule has 2 rings (SSSR count). The summed E-state index contributed by atoms with van der Waals surface area (Å²) in [5, 5.41) is 17.1. The van der Waals surface area contributed by atoms with Gasteiger partial charge < -0.3 is 5.11 Å². The van der Waals surface area contributed by atoms with E-state index in [2.05, 4.69) is 17.1 Å². The third kappa shape index (κ3) is 2.70. The average molecular weight is 263 g/mol. The van der Waals surface area contributed by atoms with Crippen molar-refractivity contribution in [2.75, 3.05) is 5.75 Å². The fourth-order valence-electron chi connectivity index (χ4n) is 1.66. The molecule has 18 heavy (non-hydrogen) atoms. The molecule has 1 aromatic carbocycles. The molecule has 2 aromatic rings. The Bertz CT molecular complexity index is 554. The largest absolute Gasteiger partial charge is 0.481 e. The smallest absolute Gasteiger partial charge is 0.313 e. The number of carboxylic acid groups (broad SMARTS) is 1. The van der Waals surface area contributed by atoms with Gasteiger partial charge in [-0.3, -0.25) is 9.36 Å². The number of rotatable bonds is 5. The van der Waals surface area contributed by atoms with Crippen LogP contribution >= 0.6 is 11.8 Å². The minimum atomic E-state index is -0.863. The fourth-order valence-corrected chi connectivity index (χ4v) is 2.30. The van der Waals surface area contributed by atoms with E-state index in [1.807, 2.05) is 28.8 Å². The van der Waals surface area contributed by atoms with E-state index in [9.17, 15) is 4.79 Å². The van der Waals surface area contributed by atoms with Crippen LogP contribution in [0.25, 0.3) is 5.69 Å². The van der Waals surface area contributed by atoms with Crippen molar-refractivity contribution >= 4 is 17.7 Å². The monoisotopic (exact) mass is 263 g/mol. The van der Waals surface area contributed by atoms with Crippen LogP contribution < -0.4 is 0 Å². The number of hydrogen-bond acceptors (Lipinski definition) is 4. The Labute approximate surface area is 109 Å². The van der Waals surface area contributed by atoms with Crippen molar-refractivity contribution in [3.05, 3.63) is 36.2 Å². The third-order valence-electron chi connectivity index (χ3n) is 2.47. The van der Waals surface area contributed by atoms with Gasteiger partial charge >= 0.3 is 5.97 Å². The molecule has 0 amide bonds. The Balaban J connectivity index is 2.33. The number of aromatic nitrogens is 3. The number of aryl methyl sites for hydroxylation is 1. The van der Waals surface area contributed by atoms with Gasteiger partial charge in [-0.05, 0) is 18.1 Å². The number of carboxylic acids is 1. The minimum Gasteiger partial charge on any atom is -0.481 e. The van der Waals surface area contributed by atoms with Crippen molar-refractivity contribution < 1.29 is 9.90 Å². The van der Waals surface area contributed by atoms with Gasteiger partial charge in [-0.2, -0.15) is 0 Å². The maximum atomic E-state index is 10.6. The summed E-state index contributed by atoms with van der Waals surface area (Å²) >= 11 is 1.17. The third-order valence-corrected chi connectivity index (χ3v) is 3.40. The van der Waals surface area contributed by atoms with Gasteiger partial charge in [0.15, 0.2) is 5.16 Å². The molecule has 0 aliphatic carbocycles. The molecule has 1 aromatic heterocycles. The second-order valence-electron chi connectivity index (χ2n) is 3.65. The first-order valence-corrected chi connectivity index (χ1v) is 6.53. The number of thioether (sulfide) groups is 1. The highest BCUT2D eigenvalue weighted by Gasteiger charge is 2.11. The van der Waals surface area contributed by atoms with Crippen molar-refractivity contribution in [2.24, 2.45) is 0 Å². The van der Waals surface area contributed by atoms with Crippen molar-refractivity contribution in [1.82, 2.24) is 14.8 Å². The first-order chi connectivity index (χ1) is 8.72. The molecule has 0 fully saturated rings. The van der Waals surface area contributed by atoms with E-state index in [0.29, 0.717) is 5.16 Å². The van der Waals surface area contributed by atoms with Crippen molar-refractivity contribution in [2.45, 2.75) is 18.5 Å². The van der Waals surface area contributed by atoms with E-state index in [1.165, 1.54) is 17.3 Å². The Morgan fingerprint density at radius 2 is 2.22 bits per heavy atom. The predicted molar refractivity (Wildman–Crippen MR) is 69.1 cm³/mol. The summed E-state index contributed by atoms with van der Waals surface area (Å²) in [5.74, 6) is -0.884. The number of para-hydroxylation sites is 1. The SMILES string of the molecule is CCc1ccccc1-n1cnnc1SCC(=O)O. The van der Waals surface area contributed by atoms with E-state index in [4.69, 9.17) is 5.11 Å². The highest BCUT2D eigenvalue weighted by molar-refractivity contribution is 7.99. The molecular weight excluding hydrogens is 250 g/mol. The van der Waals surface area contributed by atoms with Crippen molar-refractivity contribution in [3.63, 3.8) is 0 Å². The number of nitrogens with zero attached hydrogens (tertiary/aromatic N) is 3. The number of carbonyl (C=O) groups is 1. The van der Waals surface area contributed by atoms with Crippen LogP contribution in [0.15, 0.2) is 35.7 Å². The molecule has 0 aliphatic heterocycles. The molecule has 94 valence electrons. The molecule has 0 saturated carbocycles. The average Bonchev–Trinajstić information content (AvgIpc) is 2.84. The molecule has 6 heteroatoms. The lowest BCUT2D eigenvalue weighted by molar-refractivity contribution is -0.133.